The fraction of sp³-hybridized carbons (Fsp3) is 0.700. The molecule has 0 bridgehead atoms. The molecule has 80 valence electrons. The standard InChI is InChI=1S/C10H19N3O/c1-11(2)9-5-7-13(8-6-9)10(14)12(3)4/h5H,6-8H2,1-4H3. The smallest absolute Gasteiger partial charge is 0.319 e. The summed E-state index contributed by atoms with van der Waals surface area (Å²) in [6.07, 6.45) is 3.07. The Morgan fingerprint density at radius 2 is 2.00 bits per heavy atom. The van der Waals surface area contributed by atoms with E-state index in [2.05, 4.69) is 11.0 Å². The molecule has 0 saturated heterocycles. The highest BCUT2D eigenvalue weighted by atomic mass is 16.2. The van der Waals surface area contributed by atoms with Gasteiger partial charge < -0.3 is 14.7 Å². The number of carbonyl (C=O) groups excluding carboxylic acids is 1. The molecule has 14 heavy (non-hydrogen) atoms. The van der Waals surface area contributed by atoms with E-state index in [1.165, 1.54) is 5.70 Å². The van der Waals surface area contributed by atoms with Crippen LogP contribution in [0.4, 0.5) is 4.79 Å². The van der Waals surface area contributed by atoms with Crippen molar-refractivity contribution in [3.63, 3.8) is 0 Å². The summed E-state index contributed by atoms with van der Waals surface area (Å²) in [4.78, 5) is 17.2. The molecule has 0 aromatic rings. The molecular formula is C10H19N3O. The van der Waals surface area contributed by atoms with Crippen LogP contribution in [0.3, 0.4) is 0 Å². The van der Waals surface area contributed by atoms with Gasteiger partial charge in [0.2, 0.25) is 0 Å². The molecule has 0 N–H and O–H groups in total. The normalized spacial score (nSPS) is 16.3. The first-order valence-electron chi connectivity index (χ1n) is 4.85. The van der Waals surface area contributed by atoms with Crippen LogP contribution in [-0.2, 0) is 0 Å². The molecule has 0 aromatic heterocycles. The zero-order valence-electron chi connectivity index (χ0n) is 9.45. The lowest BCUT2D eigenvalue weighted by Crippen LogP contribution is -2.42. The van der Waals surface area contributed by atoms with Crippen molar-refractivity contribution < 1.29 is 4.79 Å². The lowest BCUT2D eigenvalue weighted by Gasteiger charge is -2.31. The number of urea groups is 1. The van der Waals surface area contributed by atoms with Gasteiger partial charge in [0.1, 0.15) is 0 Å². The van der Waals surface area contributed by atoms with Gasteiger partial charge in [0.05, 0.1) is 0 Å². The summed E-state index contributed by atoms with van der Waals surface area (Å²) in [7, 11) is 7.64. The van der Waals surface area contributed by atoms with Crippen LogP contribution >= 0.6 is 0 Å². The van der Waals surface area contributed by atoms with Crippen molar-refractivity contribution >= 4 is 6.03 Å². The Morgan fingerprint density at radius 1 is 1.36 bits per heavy atom. The van der Waals surface area contributed by atoms with E-state index in [-0.39, 0.29) is 6.03 Å². The molecule has 1 rings (SSSR count). The number of amides is 2. The molecule has 1 aliphatic heterocycles. The molecular weight excluding hydrogens is 178 g/mol. The molecule has 0 unspecified atom stereocenters. The van der Waals surface area contributed by atoms with E-state index in [1.54, 1.807) is 19.0 Å². The predicted molar refractivity (Wildman–Crippen MR) is 57.0 cm³/mol. The van der Waals surface area contributed by atoms with Crippen molar-refractivity contribution in [1.29, 1.82) is 0 Å². The number of nitrogens with zero attached hydrogens (tertiary/aromatic N) is 3. The summed E-state index contributed by atoms with van der Waals surface area (Å²) in [5, 5.41) is 0. The highest BCUT2D eigenvalue weighted by Gasteiger charge is 2.18. The van der Waals surface area contributed by atoms with Crippen LogP contribution in [-0.4, -0.2) is 62.0 Å². The first-order chi connectivity index (χ1) is 6.52. The summed E-state index contributed by atoms with van der Waals surface area (Å²) in [5.41, 5.74) is 1.31. The summed E-state index contributed by atoms with van der Waals surface area (Å²) < 4.78 is 0. The number of carbonyl (C=O) groups is 1. The van der Waals surface area contributed by atoms with E-state index in [1.807, 2.05) is 19.0 Å². The Labute approximate surface area is 85.8 Å². The number of hydrogen-bond acceptors (Lipinski definition) is 2. The number of hydrogen-bond donors (Lipinski definition) is 0. The zero-order valence-corrected chi connectivity index (χ0v) is 9.45. The highest BCUT2D eigenvalue weighted by molar-refractivity contribution is 5.74. The molecule has 0 aromatic carbocycles. The average molecular weight is 197 g/mol. The molecule has 0 radical (unpaired) electrons. The molecule has 0 atom stereocenters. The molecule has 2 amide bonds. The summed E-state index contributed by atoms with van der Waals surface area (Å²) in [6.45, 7) is 1.55. The van der Waals surface area contributed by atoms with Crippen LogP contribution in [0, 0.1) is 0 Å². The lowest BCUT2D eigenvalue weighted by molar-refractivity contribution is 0.173. The Kier molecular flexibility index (Phi) is 3.38. The Balaban J connectivity index is 2.54. The maximum Gasteiger partial charge on any atom is 0.319 e. The second kappa shape index (κ2) is 4.35. The van der Waals surface area contributed by atoms with E-state index in [9.17, 15) is 4.79 Å². The molecule has 0 aliphatic carbocycles. The van der Waals surface area contributed by atoms with Gasteiger partial charge in [-0.3, -0.25) is 0 Å². The quantitative estimate of drug-likeness (QED) is 0.622. The largest absolute Gasteiger partial charge is 0.381 e. The summed E-state index contributed by atoms with van der Waals surface area (Å²) in [5.74, 6) is 0. The molecule has 0 saturated carbocycles. The van der Waals surface area contributed by atoms with Crippen LogP contribution < -0.4 is 0 Å². The first kappa shape index (κ1) is 10.9. The SMILES string of the molecule is CN(C)C(=O)N1CC=C(N(C)C)CC1. The van der Waals surface area contributed by atoms with E-state index < -0.39 is 0 Å². The lowest BCUT2D eigenvalue weighted by atomic mass is 10.2. The van der Waals surface area contributed by atoms with Crippen molar-refractivity contribution in [3.8, 4) is 0 Å². The maximum absolute atomic E-state index is 11.6. The minimum Gasteiger partial charge on any atom is -0.381 e. The molecule has 1 heterocycles. The van der Waals surface area contributed by atoms with Gasteiger partial charge in [-0.1, -0.05) is 0 Å². The van der Waals surface area contributed by atoms with E-state index in [0.717, 1.165) is 19.5 Å². The van der Waals surface area contributed by atoms with Crippen LogP contribution in [0.2, 0.25) is 0 Å². The van der Waals surface area contributed by atoms with Crippen LogP contribution in [0.1, 0.15) is 6.42 Å². The van der Waals surface area contributed by atoms with Gasteiger partial charge in [-0.15, -0.1) is 0 Å². The number of rotatable bonds is 1. The van der Waals surface area contributed by atoms with Crippen molar-refractivity contribution in [1.82, 2.24) is 14.7 Å². The van der Waals surface area contributed by atoms with Crippen LogP contribution in [0.25, 0.3) is 0 Å². The van der Waals surface area contributed by atoms with E-state index >= 15 is 0 Å². The minimum atomic E-state index is 0.0963. The molecule has 0 spiro atoms. The first-order valence-corrected chi connectivity index (χ1v) is 4.85. The van der Waals surface area contributed by atoms with E-state index in [4.69, 9.17) is 0 Å². The third-order valence-electron chi connectivity index (χ3n) is 2.41. The third kappa shape index (κ3) is 2.40. The summed E-state index contributed by atoms with van der Waals surface area (Å²) in [6, 6.07) is 0.0963. The second-order valence-corrected chi connectivity index (χ2v) is 3.96. The molecule has 0 fully saturated rings. The predicted octanol–water partition coefficient (Wildman–Crippen LogP) is 0.819. The van der Waals surface area contributed by atoms with Crippen molar-refractivity contribution in [2.75, 3.05) is 41.3 Å². The third-order valence-corrected chi connectivity index (χ3v) is 2.41. The molecule has 4 heteroatoms. The average Bonchev–Trinajstić information content (AvgIpc) is 2.16. The Hall–Kier alpha value is -1.19. The van der Waals surface area contributed by atoms with Crippen molar-refractivity contribution in [3.05, 3.63) is 11.8 Å². The monoisotopic (exact) mass is 197 g/mol. The molecule has 1 aliphatic rings. The zero-order chi connectivity index (χ0) is 10.7. The van der Waals surface area contributed by atoms with Gasteiger partial charge >= 0.3 is 6.03 Å². The van der Waals surface area contributed by atoms with Gasteiger partial charge in [-0.05, 0) is 6.08 Å². The van der Waals surface area contributed by atoms with Gasteiger partial charge in [0.15, 0.2) is 0 Å². The van der Waals surface area contributed by atoms with Gasteiger partial charge in [0.25, 0.3) is 0 Å². The van der Waals surface area contributed by atoms with Gasteiger partial charge in [-0.25, -0.2) is 4.79 Å². The Morgan fingerprint density at radius 3 is 2.36 bits per heavy atom. The Bertz CT molecular complexity index is 246. The van der Waals surface area contributed by atoms with Crippen LogP contribution in [0.5, 0.6) is 0 Å². The fourth-order valence-corrected chi connectivity index (χ4v) is 1.52. The van der Waals surface area contributed by atoms with Gasteiger partial charge in [0, 0.05) is 53.4 Å². The fourth-order valence-electron chi connectivity index (χ4n) is 1.52. The second-order valence-electron chi connectivity index (χ2n) is 3.96. The highest BCUT2D eigenvalue weighted by Crippen LogP contribution is 2.13. The van der Waals surface area contributed by atoms with Crippen molar-refractivity contribution in [2.24, 2.45) is 0 Å². The van der Waals surface area contributed by atoms with Gasteiger partial charge in [-0.2, -0.15) is 0 Å². The topological polar surface area (TPSA) is 26.8 Å². The minimum absolute atomic E-state index is 0.0963. The van der Waals surface area contributed by atoms with Crippen molar-refractivity contribution in [2.45, 2.75) is 6.42 Å². The van der Waals surface area contributed by atoms with Crippen LogP contribution in [0.15, 0.2) is 11.8 Å². The summed E-state index contributed by atoms with van der Waals surface area (Å²) >= 11 is 0. The van der Waals surface area contributed by atoms with E-state index in [0.29, 0.717) is 0 Å². The molecule has 4 nitrogen and oxygen atoms in total. The maximum atomic E-state index is 11.6.